The molecule has 0 aromatic carbocycles. The molecule has 9 nitrogen and oxygen atoms in total. The maximum Gasteiger partial charge on any atom is 0.260 e. The van der Waals surface area contributed by atoms with Gasteiger partial charge in [0.15, 0.2) is 12.3 Å². The molecule has 0 bridgehead atoms. The molecule has 3 aromatic heterocycles. The van der Waals surface area contributed by atoms with E-state index in [0.29, 0.717) is 18.1 Å². The molecule has 0 atom stereocenters. The van der Waals surface area contributed by atoms with E-state index in [-0.39, 0.29) is 12.5 Å². The molecule has 0 spiro atoms. The zero-order valence-electron chi connectivity index (χ0n) is 13.3. The van der Waals surface area contributed by atoms with Crippen molar-refractivity contribution in [2.45, 2.75) is 25.8 Å². The first-order valence-electron chi connectivity index (χ1n) is 7.79. The van der Waals surface area contributed by atoms with Crippen molar-refractivity contribution in [1.82, 2.24) is 34.9 Å². The Morgan fingerprint density at radius 3 is 3.25 bits per heavy atom. The van der Waals surface area contributed by atoms with Crippen LogP contribution in [0.4, 0.5) is 0 Å². The van der Waals surface area contributed by atoms with Gasteiger partial charge in [-0.2, -0.15) is 9.61 Å². The van der Waals surface area contributed by atoms with Crippen LogP contribution in [-0.4, -0.2) is 54.5 Å². The summed E-state index contributed by atoms with van der Waals surface area (Å²) in [4.78, 5) is 13.9. The van der Waals surface area contributed by atoms with Gasteiger partial charge >= 0.3 is 0 Å². The highest BCUT2D eigenvalue weighted by Gasteiger charge is 2.20. The molecule has 3 heterocycles. The van der Waals surface area contributed by atoms with Gasteiger partial charge < -0.3 is 9.64 Å². The number of nitrogens with zero attached hydrogens (tertiary/aromatic N) is 6. The summed E-state index contributed by atoms with van der Waals surface area (Å²) in [7, 11) is 1.75. The van der Waals surface area contributed by atoms with Crippen molar-refractivity contribution in [2.24, 2.45) is 0 Å². The molecule has 0 unspecified atom stereocenters. The molecule has 0 aliphatic heterocycles. The molecule has 1 aliphatic carbocycles. The second-order valence-corrected chi connectivity index (χ2v) is 5.82. The van der Waals surface area contributed by atoms with Crippen LogP contribution in [0.25, 0.3) is 5.65 Å². The number of carbonyl (C=O) groups is 1. The predicted octanol–water partition coefficient (Wildman–Crippen LogP) is 0.373. The number of nitrogens with one attached hydrogen (secondary N) is 1. The molecule has 0 saturated carbocycles. The van der Waals surface area contributed by atoms with Crippen LogP contribution in [0.15, 0.2) is 18.5 Å². The average Bonchev–Trinajstić information content (AvgIpc) is 3.30. The first kappa shape index (κ1) is 14.6. The lowest BCUT2D eigenvalue weighted by atomic mass is 10.2. The largest absolute Gasteiger partial charge is 0.467 e. The van der Waals surface area contributed by atoms with Crippen LogP contribution in [0.1, 0.15) is 23.4 Å². The molecule has 1 amide bonds. The maximum absolute atomic E-state index is 12.3. The highest BCUT2D eigenvalue weighted by molar-refractivity contribution is 5.77. The summed E-state index contributed by atoms with van der Waals surface area (Å²) in [6.45, 7) is 0.398. The summed E-state index contributed by atoms with van der Waals surface area (Å²) in [5.74, 6) is 0.222. The van der Waals surface area contributed by atoms with E-state index < -0.39 is 0 Å². The number of hydrogen-bond donors (Lipinski definition) is 1. The van der Waals surface area contributed by atoms with Gasteiger partial charge in [0.1, 0.15) is 6.33 Å². The molecule has 4 rings (SSSR count). The first-order valence-corrected chi connectivity index (χ1v) is 7.79. The Bertz CT molecular complexity index is 885. The molecule has 0 fully saturated rings. The predicted molar refractivity (Wildman–Crippen MR) is 83.4 cm³/mol. The minimum absolute atomic E-state index is 0.0796. The molecule has 0 radical (unpaired) electrons. The summed E-state index contributed by atoms with van der Waals surface area (Å²) < 4.78 is 6.97. The molecular weight excluding hydrogens is 310 g/mol. The minimum Gasteiger partial charge on any atom is -0.467 e. The minimum atomic E-state index is -0.129. The summed E-state index contributed by atoms with van der Waals surface area (Å²) >= 11 is 0. The maximum atomic E-state index is 12.3. The lowest BCUT2D eigenvalue weighted by Gasteiger charge is -2.16. The fourth-order valence-electron chi connectivity index (χ4n) is 2.87. The van der Waals surface area contributed by atoms with Crippen molar-refractivity contribution < 1.29 is 9.53 Å². The number of fused-ring (bicyclic) bond motifs is 2. The zero-order valence-corrected chi connectivity index (χ0v) is 13.3. The van der Waals surface area contributed by atoms with Gasteiger partial charge in [0.2, 0.25) is 5.88 Å². The monoisotopic (exact) mass is 327 g/mol. The van der Waals surface area contributed by atoms with Gasteiger partial charge in [-0.05, 0) is 30.9 Å². The van der Waals surface area contributed by atoms with Gasteiger partial charge in [0.25, 0.3) is 5.91 Å². The van der Waals surface area contributed by atoms with Gasteiger partial charge in [-0.15, -0.1) is 15.3 Å². The molecule has 124 valence electrons. The summed E-state index contributed by atoms with van der Waals surface area (Å²) in [5.41, 5.74) is 4.03. The number of aromatic amines is 1. The Kier molecular flexibility index (Phi) is 3.60. The van der Waals surface area contributed by atoms with E-state index in [1.54, 1.807) is 24.1 Å². The lowest BCUT2D eigenvalue weighted by molar-refractivity contribution is -0.132. The lowest BCUT2D eigenvalue weighted by Crippen LogP contribution is -2.31. The van der Waals surface area contributed by atoms with Crippen LogP contribution < -0.4 is 4.74 Å². The number of H-pyrrole nitrogens is 1. The molecule has 0 saturated heterocycles. The van der Waals surface area contributed by atoms with Gasteiger partial charge in [-0.1, -0.05) is 0 Å². The quantitative estimate of drug-likeness (QED) is 0.727. The third-order valence-corrected chi connectivity index (χ3v) is 4.19. The van der Waals surface area contributed by atoms with E-state index in [9.17, 15) is 4.79 Å². The average molecular weight is 327 g/mol. The van der Waals surface area contributed by atoms with Crippen LogP contribution in [0.5, 0.6) is 5.88 Å². The topological polar surface area (TPSA) is 101 Å². The van der Waals surface area contributed by atoms with Gasteiger partial charge in [-0.25, -0.2) is 0 Å². The van der Waals surface area contributed by atoms with Crippen LogP contribution in [0, 0.1) is 0 Å². The molecule has 1 aliphatic rings. The number of carbonyl (C=O) groups excluding carboxylic acids is 1. The Balaban J connectivity index is 1.36. The summed E-state index contributed by atoms with van der Waals surface area (Å²) in [5, 5.41) is 19.2. The molecule has 1 N–H and O–H groups in total. The highest BCUT2D eigenvalue weighted by atomic mass is 16.5. The number of likely N-dealkylation sites (N-methyl/N-ethyl adjacent to an activating group) is 1. The van der Waals surface area contributed by atoms with E-state index >= 15 is 0 Å². The second-order valence-electron chi connectivity index (χ2n) is 5.82. The van der Waals surface area contributed by atoms with Crippen molar-refractivity contribution >= 4 is 11.6 Å². The van der Waals surface area contributed by atoms with Gasteiger partial charge in [-0.3, -0.25) is 9.89 Å². The zero-order chi connectivity index (χ0) is 16.5. The first-order chi connectivity index (χ1) is 11.7. The van der Waals surface area contributed by atoms with E-state index in [4.69, 9.17) is 4.74 Å². The molecular formula is C15H17N7O2. The van der Waals surface area contributed by atoms with Gasteiger partial charge in [0.05, 0.1) is 12.2 Å². The van der Waals surface area contributed by atoms with Gasteiger partial charge in [0, 0.05) is 18.8 Å². The number of aromatic nitrogens is 6. The Morgan fingerprint density at radius 1 is 1.42 bits per heavy atom. The molecule has 24 heavy (non-hydrogen) atoms. The van der Waals surface area contributed by atoms with Crippen molar-refractivity contribution in [1.29, 1.82) is 0 Å². The van der Waals surface area contributed by atoms with Crippen molar-refractivity contribution in [3.05, 3.63) is 35.4 Å². The van der Waals surface area contributed by atoms with Crippen LogP contribution in [0.2, 0.25) is 0 Å². The number of amides is 1. The third-order valence-electron chi connectivity index (χ3n) is 4.19. The number of rotatable bonds is 5. The Hall–Kier alpha value is -2.97. The fourth-order valence-corrected chi connectivity index (χ4v) is 2.87. The fraction of sp³-hybridized carbons (Fsp3) is 0.400. The van der Waals surface area contributed by atoms with Crippen molar-refractivity contribution in [3.8, 4) is 5.88 Å². The SMILES string of the molecule is CN(Cc1n[nH]c2c1CCC2)C(=O)COc1ccc2nncn2n1. The molecule has 3 aromatic rings. The number of ether oxygens (including phenoxy) is 1. The normalized spacial score (nSPS) is 13.2. The second kappa shape index (κ2) is 5.91. The van der Waals surface area contributed by atoms with E-state index in [1.807, 2.05) is 0 Å². The standard InChI is InChI=1S/C15H17N7O2/c1-21(7-12-10-3-2-4-11(10)17-18-12)15(23)8-24-14-6-5-13-19-16-9-22(13)20-14/h5-6,9H,2-4,7-8H2,1H3,(H,17,18). The third kappa shape index (κ3) is 2.68. The van der Waals surface area contributed by atoms with Crippen molar-refractivity contribution in [3.63, 3.8) is 0 Å². The summed E-state index contributed by atoms with van der Waals surface area (Å²) in [6, 6.07) is 3.40. The van der Waals surface area contributed by atoms with Crippen LogP contribution in [0.3, 0.4) is 0 Å². The van der Waals surface area contributed by atoms with E-state index in [1.165, 1.54) is 22.1 Å². The smallest absolute Gasteiger partial charge is 0.260 e. The Labute approximate surface area is 137 Å². The molecule has 9 heteroatoms. The van der Waals surface area contributed by atoms with Crippen LogP contribution in [-0.2, 0) is 24.2 Å². The van der Waals surface area contributed by atoms with Crippen molar-refractivity contribution in [2.75, 3.05) is 13.7 Å². The number of aryl methyl sites for hydroxylation is 1. The van der Waals surface area contributed by atoms with Crippen LogP contribution >= 0.6 is 0 Å². The van der Waals surface area contributed by atoms with E-state index in [2.05, 4.69) is 25.5 Å². The summed E-state index contributed by atoms with van der Waals surface area (Å²) in [6.07, 6.45) is 4.70. The highest BCUT2D eigenvalue weighted by Crippen LogP contribution is 2.23. The number of hydrogen-bond acceptors (Lipinski definition) is 6. The van der Waals surface area contributed by atoms with E-state index in [0.717, 1.165) is 25.0 Å². The Morgan fingerprint density at radius 2 is 2.33 bits per heavy atom.